The summed E-state index contributed by atoms with van der Waals surface area (Å²) < 4.78 is 40.2. The summed E-state index contributed by atoms with van der Waals surface area (Å²) in [5, 5.41) is 7.61. The fourth-order valence-corrected chi connectivity index (χ4v) is 4.46. The van der Waals surface area contributed by atoms with Gasteiger partial charge in [0, 0.05) is 33.1 Å². The van der Waals surface area contributed by atoms with E-state index >= 15 is 0 Å². The summed E-state index contributed by atoms with van der Waals surface area (Å²) in [6, 6.07) is 0.207. The molecule has 1 atom stereocenters. The van der Waals surface area contributed by atoms with Gasteiger partial charge in [-0.15, -0.1) is 0 Å². The molecule has 1 aromatic rings. The number of hydrogen-bond donors (Lipinski definition) is 2. The second kappa shape index (κ2) is 7.49. The van der Waals surface area contributed by atoms with E-state index < -0.39 is 10.0 Å². The Labute approximate surface area is 142 Å². The van der Waals surface area contributed by atoms with Crippen molar-refractivity contribution in [2.75, 3.05) is 40.0 Å². The van der Waals surface area contributed by atoms with Gasteiger partial charge in [0.25, 0.3) is 0 Å². The lowest BCUT2D eigenvalue weighted by Gasteiger charge is -2.28. The van der Waals surface area contributed by atoms with Crippen LogP contribution in [0.2, 0.25) is 0 Å². The molecule has 2 fully saturated rings. The van der Waals surface area contributed by atoms with E-state index in [1.807, 2.05) is 0 Å². The van der Waals surface area contributed by atoms with Crippen LogP contribution in [0.1, 0.15) is 31.7 Å². The number of rotatable bonds is 7. The van der Waals surface area contributed by atoms with Crippen LogP contribution in [0.15, 0.2) is 17.3 Å². The molecule has 0 aromatic carbocycles. The van der Waals surface area contributed by atoms with Crippen molar-refractivity contribution >= 4 is 10.0 Å². The molecule has 3 rings (SSSR count). The van der Waals surface area contributed by atoms with Crippen molar-refractivity contribution in [3.05, 3.63) is 12.4 Å². The summed E-state index contributed by atoms with van der Waals surface area (Å²) in [6.07, 6.45) is 6.66. The molecule has 0 radical (unpaired) electrons. The van der Waals surface area contributed by atoms with E-state index in [1.165, 1.54) is 6.20 Å². The van der Waals surface area contributed by atoms with Crippen molar-refractivity contribution in [1.82, 2.24) is 19.8 Å². The van der Waals surface area contributed by atoms with Crippen LogP contribution < -0.4 is 10.0 Å². The van der Waals surface area contributed by atoms with E-state index in [0.29, 0.717) is 26.4 Å². The van der Waals surface area contributed by atoms with Gasteiger partial charge in [0.2, 0.25) is 10.0 Å². The number of nitrogens with zero attached hydrogens (tertiary/aromatic N) is 2. The van der Waals surface area contributed by atoms with Gasteiger partial charge in [0.15, 0.2) is 0 Å². The third-order valence-electron chi connectivity index (χ3n) is 4.81. The number of sulfonamides is 1. The molecule has 0 aliphatic carbocycles. The van der Waals surface area contributed by atoms with Gasteiger partial charge in [-0.05, 0) is 32.2 Å². The normalized spacial score (nSPS) is 26.0. The zero-order valence-corrected chi connectivity index (χ0v) is 14.8. The average Bonchev–Trinajstić information content (AvgIpc) is 3.25. The zero-order valence-electron chi connectivity index (χ0n) is 14.0. The maximum absolute atomic E-state index is 12.6. The van der Waals surface area contributed by atoms with Crippen molar-refractivity contribution in [2.45, 2.75) is 42.2 Å². The van der Waals surface area contributed by atoms with E-state index in [4.69, 9.17) is 9.47 Å². The number of hydrogen-bond acceptors (Lipinski definition) is 6. The maximum Gasteiger partial charge on any atom is 0.243 e. The fourth-order valence-electron chi connectivity index (χ4n) is 3.40. The number of ether oxygens (including phenoxy) is 2. The van der Waals surface area contributed by atoms with Crippen LogP contribution in [-0.2, 0) is 19.5 Å². The molecular formula is C15H26N4O4S. The van der Waals surface area contributed by atoms with Crippen LogP contribution >= 0.6 is 0 Å². The highest BCUT2D eigenvalue weighted by Gasteiger charge is 2.35. The summed E-state index contributed by atoms with van der Waals surface area (Å²) in [5.41, 5.74) is -0.321. The Bertz CT molecular complexity index is 634. The van der Waals surface area contributed by atoms with Crippen LogP contribution in [0.4, 0.5) is 0 Å². The third-order valence-corrected chi connectivity index (χ3v) is 6.16. The first-order valence-electron chi connectivity index (χ1n) is 8.40. The molecule has 0 bridgehead atoms. The van der Waals surface area contributed by atoms with E-state index in [-0.39, 0.29) is 16.5 Å². The molecule has 1 unspecified atom stereocenters. The molecule has 2 N–H and O–H groups in total. The molecule has 24 heavy (non-hydrogen) atoms. The lowest BCUT2D eigenvalue weighted by Crippen LogP contribution is -2.52. The Hall–Kier alpha value is -1.00. The fraction of sp³-hybridized carbons (Fsp3) is 0.800. The first-order valence-corrected chi connectivity index (χ1v) is 9.89. The predicted molar refractivity (Wildman–Crippen MR) is 88.3 cm³/mol. The summed E-state index contributed by atoms with van der Waals surface area (Å²) in [7, 11) is -1.95. The Morgan fingerprint density at radius 2 is 2.29 bits per heavy atom. The van der Waals surface area contributed by atoms with Gasteiger partial charge in [0.1, 0.15) is 4.90 Å². The van der Waals surface area contributed by atoms with Crippen LogP contribution in [0.3, 0.4) is 0 Å². The van der Waals surface area contributed by atoms with Crippen LogP contribution in [0.5, 0.6) is 0 Å². The van der Waals surface area contributed by atoms with Crippen molar-refractivity contribution in [2.24, 2.45) is 0 Å². The molecule has 136 valence electrons. The van der Waals surface area contributed by atoms with Crippen LogP contribution in [0, 0.1) is 0 Å². The van der Waals surface area contributed by atoms with Gasteiger partial charge >= 0.3 is 0 Å². The van der Waals surface area contributed by atoms with E-state index in [0.717, 1.165) is 32.2 Å². The molecule has 3 heterocycles. The SMILES string of the molecule is COCC1(CNS(=O)(=O)c2cnn(C3CCOCC3)c2)CCCN1. The van der Waals surface area contributed by atoms with E-state index in [9.17, 15) is 8.42 Å². The van der Waals surface area contributed by atoms with Crippen LogP contribution in [0.25, 0.3) is 0 Å². The Kier molecular flexibility index (Phi) is 5.56. The van der Waals surface area contributed by atoms with Gasteiger partial charge in [-0.3, -0.25) is 4.68 Å². The number of methoxy groups -OCH3 is 1. The Balaban J connectivity index is 1.65. The lowest BCUT2D eigenvalue weighted by molar-refractivity contribution is 0.0662. The van der Waals surface area contributed by atoms with Crippen molar-refractivity contribution in [3.63, 3.8) is 0 Å². The summed E-state index contributed by atoms with van der Waals surface area (Å²) in [5.74, 6) is 0. The highest BCUT2D eigenvalue weighted by atomic mass is 32.2. The molecule has 2 aliphatic heterocycles. The molecule has 0 spiro atoms. The molecule has 2 saturated heterocycles. The topological polar surface area (TPSA) is 94.5 Å². The first kappa shape index (κ1) is 17.8. The molecular weight excluding hydrogens is 332 g/mol. The van der Waals surface area contributed by atoms with Gasteiger partial charge in [-0.1, -0.05) is 0 Å². The molecule has 9 heteroatoms. The summed E-state index contributed by atoms with van der Waals surface area (Å²) >= 11 is 0. The highest BCUT2D eigenvalue weighted by molar-refractivity contribution is 7.89. The summed E-state index contributed by atoms with van der Waals surface area (Å²) in [4.78, 5) is 0.208. The van der Waals surface area contributed by atoms with Gasteiger partial charge in [-0.25, -0.2) is 13.1 Å². The molecule has 0 amide bonds. The zero-order chi connectivity index (χ0) is 17.0. The third kappa shape index (κ3) is 3.97. The smallest absolute Gasteiger partial charge is 0.243 e. The standard InChI is InChI=1S/C15H26N4O4S/c1-22-12-15(5-2-6-16-15)11-18-24(20,21)14-9-17-19(10-14)13-3-7-23-8-4-13/h9-10,13,16,18H,2-8,11-12H2,1H3. The van der Waals surface area contributed by atoms with Crippen molar-refractivity contribution < 1.29 is 17.9 Å². The molecule has 2 aliphatic rings. The second-order valence-corrected chi connectivity index (χ2v) is 8.33. The minimum atomic E-state index is -3.58. The van der Waals surface area contributed by atoms with E-state index in [2.05, 4.69) is 15.1 Å². The minimum absolute atomic E-state index is 0.207. The molecule has 8 nitrogen and oxygen atoms in total. The first-order chi connectivity index (χ1) is 11.5. The van der Waals surface area contributed by atoms with Crippen molar-refractivity contribution in [1.29, 1.82) is 0 Å². The predicted octanol–water partition coefficient (Wildman–Crippen LogP) is 0.282. The summed E-state index contributed by atoms with van der Waals surface area (Å²) in [6.45, 7) is 3.06. The quantitative estimate of drug-likeness (QED) is 0.727. The van der Waals surface area contributed by atoms with Gasteiger partial charge < -0.3 is 14.8 Å². The average molecular weight is 358 g/mol. The second-order valence-electron chi connectivity index (χ2n) is 6.57. The van der Waals surface area contributed by atoms with Crippen molar-refractivity contribution in [3.8, 4) is 0 Å². The Morgan fingerprint density at radius 1 is 1.50 bits per heavy atom. The number of nitrogens with one attached hydrogen (secondary N) is 2. The van der Waals surface area contributed by atoms with E-state index in [1.54, 1.807) is 18.0 Å². The van der Waals surface area contributed by atoms with Gasteiger partial charge in [-0.2, -0.15) is 5.10 Å². The highest BCUT2D eigenvalue weighted by Crippen LogP contribution is 2.22. The molecule has 0 saturated carbocycles. The lowest BCUT2D eigenvalue weighted by atomic mass is 9.99. The Morgan fingerprint density at radius 3 is 2.96 bits per heavy atom. The number of aromatic nitrogens is 2. The van der Waals surface area contributed by atoms with Gasteiger partial charge in [0.05, 0.1) is 24.4 Å². The monoisotopic (exact) mass is 358 g/mol. The minimum Gasteiger partial charge on any atom is -0.383 e. The largest absolute Gasteiger partial charge is 0.383 e. The maximum atomic E-state index is 12.6. The van der Waals surface area contributed by atoms with Crippen LogP contribution in [-0.4, -0.2) is 63.8 Å². The molecule has 1 aromatic heterocycles.